The van der Waals surface area contributed by atoms with E-state index in [9.17, 15) is 24.9 Å². The Hall–Kier alpha value is -1.98. The summed E-state index contributed by atoms with van der Waals surface area (Å²) in [4.78, 5) is 26.1. The second kappa shape index (κ2) is 6.83. The zero-order valence-corrected chi connectivity index (χ0v) is 22.4. The third kappa shape index (κ3) is 2.13. The van der Waals surface area contributed by atoms with Crippen LogP contribution in [0.2, 0.25) is 0 Å². The maximum atomic E-state index is 13.3. The maximum Gasteiger partial charge on any atom is 0.309 e. The van der Waals surface area contributed by atoms with Gasteiger partial charge in [-0.15, -0.1) is 0 Å². The number of methoxy groups -OCH3 is 2. The fourth-order valence-electron chi connectivity index (χ4n) is 11.2. The summed E-state index contributed by atoms with van der Waals surface area (Å²) in [6.07, 6.45) is 1.79. The Balaban J connectivity index is 1.52. The lowest BCUT2D eigenvalue weighted by Gasteiger charge is -2.63. The number of carbonyl (C=O) groups is 2. The third-order valence-electron chi connectivity index (χ3n) is 12.5. The fraction of sp³-hybridized carbons (Fsp3) is 0.786. The van der Waals surface area contributed by atoms with Gasteiger partial charge in [-0.2, -0.15) is 0 Å². The van der Waals surface area contributed by atoms with Crippen molar-refractivity contribution in [2.45, 2.75) is 87.7 Å². The number of hydrogen-bond donors (Lipinski definition) is 3. The largest absolute Gasteiger partial charge is 0.472 e. The average molecular weight is 533 g/mol. The van der Waals surface area contributed by atoms with Gasteiger partial charge in [-0.1, -0.05) is 20.8 Å². The van der Waals surface area contributed by atoms with Crippen molar-refractivity contribution in [3.8, 4) is 0 Å². The van der Waals surface area contributed by atoms with Crippen molar-refractivity contribution in [2.75, 3.05) is 14.2 Å². The van der Waals surface area contributed by atoms with Crippen LogP contribution >= 0.6 is 0 Å². The number of esters is 2. The first-order chi connectivity index (χ1) is 17.8. The quantitative estimate of drug-likeness (QED) is 0.491. The van der Waals surface area contributed by atoms with Crippen molar-refractivity contribution >= 4 is 11.9 Å². The van der Waals surface area contributed by atoms with Crippen molar-refractivity contribution in [1.29, 1.82) is 0 Å². The summed E-state index contributed by atoms with van der Waals surface area (Å²) in [7, 11) is 2.72. The lowest BCUT2D eigenvalue weighted by atomic mass is 9.45. The second-order valence-electron chi connectivity index (χ2n) is 13.3. The molecule has 5 unspecified atom stereocenters. The summed E-state index contributed by atoms with van der Waals surface area (Å²) in [6, 6.07) is 1.73. The van der Waals surface area contributed by atoms with Crippen LogP contribution in [-0.4, -0.2) is 70.2 Å². The lowest BCUT2D eigenvalue weighted by molar-refractivity contribution is -0.368. The molecule has 4 aliphatic carbocycles. The summed E-state index contributed by atoms with van der Waals surface area (Å²) < 4.78 is 29.3. The van der Waals surface area contributed by atoms with E-state index in [1.165, 1.54) is 26.7 Å². The van der Waals surface area contributed by atoms with Crippen LogP contribution in [0.4, 0.5) is 0 Å². The summed E-state index contributed by atoms with van der Waals surface area (Å²) in [5, 5.41) is 38.2. The zero-order chi connectivity index (χ0) is 27.3. The number of hydrogen-bond acceptors (Lipinski definition) is 10. The summed E-state index contributed by atoms with van der Waals surface area (Å²) in [6.45, 7) is 5.72. The molecule has 1 aromatic rings. The molecule has 3 heterocycles. The summed E-state index contributed by atoms with van der Waals surface area (Å²) in [5.41, 5.74) is -7.14. The van der Waals surface area contributed by atoms with Gasteiger partial charge >= 0.3 is 11.9 Å². The van der Waals surface area contributed by atoms with Crippen LogP contribution in [0.3, 0.4) is 0 Å². The molecule has 10 heteroatoms. The molecule has 7 rings (SSSR count). The minimum absolute atomic E-state index is 0.0358. The minimum Gasteiger partial charge on any atom is -0.472 e. The van der Waals surface area contributed by atoms with Crippen molar-refractivity contribution < 1.29 is 48.3 Å². The van der Waals surface area contributed by atoms with E-state index in [0.717, 1.165) is 0 Å². The molecule has 0 aromatic carbocycles. The first-order valence-corrected chi connectivity index (χ1v) is 13.4. The Morgan fingerprint density at radius 1 is 1.21 bits per heavy atom. The normalized spacial score (nSPS) is 57.5. The highest BCUT2D eigenvalue weighted by Gasteiger charge is 2.98. The number of ether oxygens (including phenoxy) is 4. The predicted octanol–water partition coefficient (Wildman–Crippen LogP) is 1.86. The molecule has 2 saturated heterocycles. The van der Waals surface area contributed by atoms with Crippen LogP contribution in [0, 0.1) is 34.0 Å². The van der Waals surface area contributed by atoms with Gasteiger partial charge in [0.1, 0.15) is 23.4 Å². The van der Waals surface area contributed by atoms with Crippen molar-refractivity contribution in [3.63, 3.8) is 0 Å². The van der Waals surface area contributed by atoms with E-state index < -0.39 is 80.7 Å². The van der Waals surface area contributed by atoms with E-state index in [1.54, 1.807) is 6.07 Å². The maximum absolute atomic E-state index is 13.3. The molecule has 1 spiro atoms. The molecule has 208 valence electrons. The molecule has 0 amide bonds. The van der Waals surface area contributed by atoms with Gasteiger partial charge in [0.15, 0.2) is 0 Å². The zero-order valence-electron chi connectivity index (χ0n) is 22.4. The highest BCUT2D eigenvalue weighted by molar-refractivity contribution is 5.74. The monoisotopic (exact) mass is 532 g/mol. The molecule has 12 atom stereocenters. The van der Waals surface area contributed by atoms with E-state index in [1.807, 2.05) is 20.8 Å². The van der Waals surface area contributed by atoms with Gasteiger partial charge in [0, 0.05) is 35.3 Å². The average Bonchev–Trinajstić information content (AvgIpc) is 3.54. The van der Waals surface area contributed by atoms with Gasteiger partial charge < -0.3 is 38.7 Å². The Morgan fingerprint density at radius 2 is 1.95 bits per heavy atom. The van der Waals surface area contributed by atoms with E-state index in [4.69, 9.17) is 23.4 Å². The minimum atomic E-state index is -1.82. The Morgan fingerprint density at radius 3 is 2.58 bits per heavy atom. The highest BCUT2D eigenvalue weighted by atomic mass is 16.7. The molecule has 3 N–H and O–H groups in total. The SMILES string of the molecule is COC(=O)C[C@H]1[C@@]2(C)CC3(O)C4C(OC)(OC56CC(=O)O[C@@H](c7ccoc7)[C@]5(C)CCC([C@@]46O)[C@@]13C)[C@H]2O. The van der Waals surface area contributed by atoms with Gasteiger partial charge in [0.05, 0.1) is 37.6 Å². The first-order valence-electron chi connectivity index (χ1n) is 13.4. The first kappa shape index (κ1) is 25.0. The summed E-state index contributed by atoms with van der Waals surface area (Å²) in [5.74, 6) is -4.97. The Kier molecular flexibility index (Phi) is 4.50. The highest BCUT2D eigenvalue weighted by Crippen LogP contribution is 2.87. The molecule has 2 bridgehead atoms. The molecule has 10 nitrogen and oxygen atoms in total. The summed E-state index contributed by atoms with van der Waals surface area (Å²) >= 11 is 0. The van der Waals surface area contributed by atoms with Crippen LogP contribution in [0.1, 0.15) is 64.5 Å². The Bertz CT molecular complexity index is 1230. The number of aliphatic hydroxyl groups excluding tert-OH is 1. The fourth-order valence-corrected chi connectivity index (χ4v) is 11.2. The van der Waals surface area contributed by atoms with Crippen molar-refractivity contribution in [2.24, 2.45) is 34.0 Å². The topological polar surface area (TPSA) is 145 Å². The van der Waals surface area contributed by atoms with Crippen LogP contribution in [-0.2, 0) is 28.5 Å². The number of aliphatic hydroxyl groups is 3. The van der Waals surface area contributed by atoms with Crippen LogP contribution in [0.5, 0.6) is 0 Å². The molecular weight excluding hydrogens is 496 g/mol. The van der Waals surface area contributed by atoms with E-state index in [2.05, 4.69) is 0 Å². The van der Waals surface area contributed by atoms with Crippen LogP contribution < -0.4 is 0 Å². The van der Waals surface area contributed by atoms with Crippen molar-refractivity contribution in [1.82, 2.24) is 0 Å². The molecule has 4 saturated carbocycles. The standard InChI is InChI=1S/C28H36O10/c1-22-13-25(32)20-27(33)15(24(25,3)16(22)10-17(29)34-4)6-8-23(2)19(14-7-9-36-12-14)37-18(30)11-26(23,27)38-28(20,35-5)21(22)31/h7,9,12,15-16,19-21,31-33H,6,8,10-11,13H2,1-5H3/t15?,16-,19-,20?,21-,22+,23-,24-,25?,26?,27+,28?/m0/s1. The van der Waals surface area contributed by atoms with Crippen LogP contribution in [0.25, 0.3) is 0 Å². The van der Waals surface area contributed by atoms with Gasteiger partial charge in [-0.25, -0.2) is 0 Å². The predicted molar refractivity (Wildman–Crippen MR) is 127 cm³/mol. The molecule has 1 aromatic heterocycles. The van der Waals surface area contributed by atoms with Crippen LogP contribution in [0.15, 0.2) is 23.0 Å². The number of carbonyl (C=O) groups excluding carboxylic acids is 2. The third-order valence-corrected chi connectivity index (χ3v) is 12.5. The number of cyclic esters (lactones) is 1. The molecule has 6 aliphatic rings. The van der Waals surface area contributed by atoms with Crippen molar-refractivity contribution in [3.05, 3.63) is 24.2 Å². The van der Waals surface area contributed by atoms with Gasteiger partial charge in [-0.05, 0) is 37.2 Å². The van der Waals surface area contributed by atoms with Gasteiger partial charge in [0.2, 0.25) is 5.79 Å². The number of rotatable bonds is 4. The molecular formula is C28H36O10. The smallest absolute Gasteiger partial charge is 0.309 e. The van der Waals surface area contributed by atoms with E-state index in [0.29, 0.717) is 18.4 Å². The Labute approximate surface area is 220 Å². The van der Waals surface area contributed by atoms with Gasteiger partial charge in [0.25, 0.3) is 0 Å². The molecule has 38 heavy (non-hydrogen) atoms. The van der Waals surface area contributed by atoms with E-state index >= 15 is 0 Å². The molecule has 6 fully saturated rings. The number of furan rings is 1. The van der Waals surface area contributed by atoms with E-state index in [-0.39, 0.29) is 19.3 Å². The lowest BCUT2D eigenvalue weighted by Crippen LogP contribution is -2.72. The number of fused-ring (bicyclic) bond motifs is 2. The molecule has 0 radical (unpaired) electrons. The molecule has 2 aliphatic heterocycles. The van der Waals surface area contributed by atoms with Gasteiger partial charge in [-0.3, -0.25) is 9.59 Å². The second-order valence-corrected chi connectivity index (χ2v) is 13.3.